The Morgan fingerprint density at radius 2 is 2.20 bits per heavy atom. The number of rotatable bonds is 1. The Balaban J connectivity index is 3.00. The molecule has 54 valence electrons. The van der Waals surface area contributed by atoms with Gasteiger partial charge in [0, 0.05) is 16.8 Å². The van der Waals surface area contributed by atoms with Gasteiger partial charge in [-0.15, -0.1) is 0 Å². The van der Waals surface area contributed by atoms with E-state index in [0.717, 1.165) is 11.4 Å². The molecule has 0 aromatic carbocycles. The van der Waals surface area contributed by atoms with Crippen LogP contribution in [-0.4, -0.2) is 5.71 Å². The van der Waals surface area contributed by atoms with Crippen LogP contribution in [0.4, 0.5) is 0 Å². The quantitative estimate of drug-likeness (QED) is 0.524. The lowest BCUT2D eigenvalue weighted by Crippen LogP contribution is -2.15. The van der Waals surface area contributed by atoms with E-state index in [0.29, 0.717) is 0 Å². The highest BCUT2D eigenvalue weighted by molar-refractivity contribution is 6.02. The maximum atomic E-state index is 4.32. The summed E-state index contributed by atoms with van der Waals surface area (Å²) in [5.74, 6) is 0. The Bertz CT molecular complexity index is 219. The summed E-state index contributed by atoms with van der Waals surface area (Å²) >= 11 is 0. The molecule has 1 heterocycles. The van der Waals surface area contributed by atoms with Crippen molar-refractivity contribution in [3.63, 3.8) is 0 Å². The number of allylic oxidation sites excluding steroid dienone is 3. The Kier molecular flexibility index (Phi) is 1.51. The summed E-state index contributed by atoms with van der Waals surface area (Å²) in [6.45, 7) is 10.0. The molecule has 0 radical (unpaired) electrons. The van der Waals surface area contributed by atoms with Gasteiger partial charge in [0.25, 0.3) is 0 Å². The summed E-state index contributed by atoms with van der Waals surface area (Å²) in [6.07, 6.45) is 3.98. The van der Waals surface area contributed by atoms with Crippen LogP contribution in [0, 0.1) is 5.41 Å². The van der Waals surface area contributed by atoms with Crippen LogP contribution >= 0.6 is 0 Å². The minimum absolute atomic E-state index is 0.103. The minimum atomic E-state index is 0.103. The third-order valence-corrected chi connectivity index (χ3v) is 1.72. The van der Waals surface area contributed by atoms with E-state index in [-0.39, 0.29) is 5.41 Å². The lowest BCUT2D eigenvalue weighted by molar-refractivity contribution is 0.690. The molecule has 0 aromatic rings. The van der Waals surface area contributed by atoms with E-state index in [1.165, 1.54) is 0 Å². The molecule has 0 saturated carbocycles. The molecule has 0 bridgehead atoms. The molecule has 1 heteroatoms. The highest BCUT2D eigenvalue weighted by atomic mass is 14.8. The molecule has 10 heavy (non-hydrogen) atoms. The van der Waals surface area contributed by atoms with Crippen molar-refractivity contribution in [1.82, 2.24) is 0 Å². The molecule has 0 N–H and O–H groups in total. The lowest BCUT2D eigenvalue weighted by atomic mass is 9.89. The van der Waals surface area contributed by atoms with Gasteiger partial charge in [-0.3, -0.25) is 4.99 Å². The van der Waals surface area contributed by atoms with E-state index in [2.05, 4.69) is 31.5 Å². The van der Waals surface area contributed by atoms with Crippen molar-refractivity contribution in [3.05, 3.63) is 24.4 Å². The summed E-state index contributed by atoms with van der Waals surface area (Å²) in [7, 11) is 0. The first-order valence-electron chi connectivity index (χ1n) is 3.47. The maximum Gasteiger partial charge on any atom is 0.0495 e. The molecule has 0 spiro atoms. The fourth-order valence-electron chi connectivity index (χ4n) is 1.27. The Morgan fingerprint density at radius 3 is 2.40 bits per heavy atom. The van der Waals surface area contributed by atoms with E-state index in [1.807, 2.05) is 13.0 Å². The highest BCUT2D eigenvalue weighted by Gasteiger charge is 2.24. The van der Waals surface area contributed by atoms with Gasteiger partial charge in [0.05, 0.1) is 0 Å². The normalized spacial score (nSPS) is 21.9. The summed E-state index contributed by atoms with van der Waals surface area (Å²) in [4.78, 5) is 4.32. The van der Waals surface area contributed by atoms with Gasteiger partial charge in [0.2, 0.25) is 0 Å². The monoisotopic (exact) mass is 135 g/mol. The third kappa shape index (κ3) is 1.04. The zero-order chi connectivity index (χ0) is 7.78. The third-order valence-electron chi connectivity index (χ3n) is 1.72. The van der Waals surface area contributed by atoms with Crippen molar-refractivity contribution in [2.45, 2.75) is 20.8 Å². The first kappa shape index (κ1) is 7.26. The van der Waals surface area contributed by atoms with Crippen molar-refractivity contribution in [2.75, 3.05) is 0 Å². The molecule has 0 fully saturated rings. The number of hydrogen-bond donors (Lipinski definition) is 0. The molecule has 1 nitrogen and oxygen atoms in total. The van der Waals surface area contributed by atoms with Crippen LogP contribution in [0.3, 0.4) is 0 Å². The standard InChI is InChI=1S/C9H13N/c1-5-8-9(3,4)6-7(2)10-8/h5-6H,1H2,2-4H3. The van der Waals surface area contributed by atoms with Crippen molar-refractivity contribution in [2.24, 2.45) is 10.4 Å². The molecule has 0 amide bonds. The predicted molar refractivity (Wildman–Crippen MR) is 45.2 cm³/mol. The largest absolute Gasteiger partial charge is 0.258 e. The minimum Gasteiger partial charge on any atom is -0.258 e. The molecule has 0 aliphatic carbocycles. The van der Waals surface area contributed by atoms with Crippen molar-refractivity contribution in [1.29, 1.82) is 0 Å². The summed E-state index contributed by atoms with van der Waals surface area (Å²) in [6, 6.07) is 0. The zero-order valence-corrected chi connectivity index (χ0v) is 6.81. The van der Waals surface area contributed by atoms with Crippen LogP contribution in [0.2, 0.25) is 0 Å². The molecular formula is C9H13N. The second-order valence-corrected chi connectivity index (χ2v) is 3.21. The van der Waals surface area contributed by atoms with Crippen LogP contribution in [0.25, 0.3) is 0 Å². The second-order valence-electron chi connectivity index (χ2n) is 3.21. The SMILES string of the molecule is C=CC1=NC(C)=CC1(C)C. The Labute approximate surface area is 62.2 Å². The molecule has 1 aliphatic heterocycles. The summed E-state index contributed by atoms with van der Waals surface area (Å²) < 4.78 is 0. The van der Waals surface area contributed by atoms with Crippen molar-refractivity contribution in [3.8, 4) is 0 Å². The van der Waals surface area contributed by atoms with Gasteiger partial charge in [0.15, 0.2) is 0 Å². The van der Waals surface area contributed by atoms with Crippen LogP contribution in [0.15, 0.2) is 29.4 Å². The second kappa shape index (κ2) is 2.08. The van der Waals surface area contributed by atoms with E-state index < -0.39 is 0 Å². The molecule has 0 unspecified atom stereocenters. The molecular weight excluding hydrogens is 122 g/mol. The maximum absolute atomic E-state index is 4.32. The van der Waals surface area contributed by atoms with Gasteiger partial charge in [-0.2, -0.15) is 0 Å². The molecule has 1 aliphatic rings. The van der Waals surface area contributed by atoms with Gasteiger partial charge in [0.1, 0.15) is 0 Å². The topological polar surface area (TPSA) is 12.4 Å². The van der Waals surface area contributed by atoms with E-state index in [9.17, 15) is 0 Å². The zero-order valence-electron chi connectivity index (χ0n) is 6.81. The summed E-state index contributed by atoms with van der Waals surface area (Å²) in [5.41, 5.74) is 2.27. The predicted octanol–water partition coefficient (Wildman–Crippen LogP) is 2.56. The van der Waals surface area contributed by atoms with E-state index >= 15 is 0 Å². The van der Waals surface area contributed by atoms with Crippen LogP contribution < -0.4 is 0 Å². The number of nitrogens with zero attached hydrogens (tertiary/aromatic N) is 1. The van der Waals surface area contributed by atoms with Crippen molar-refractivity contribution >= 4 is 5.71 Å². The molecule has 0 saturated heterocycles. The molecule has 0 atom stereocenters. The Hall–Kier alpha value is -0.850. The average Bonchev–Trinajstić information content (AvgIpc) is 2.04. The van der Waals surface area contributed by atoms with Gasteiger partial charge in [-0.25, -0.2) is 0 Å². The van der Waals surface area contributed by atoms with Crippen LogP contribution in [-0.2, 0) is 0 Å². The number of aliphatic imine (C=N–C) groups is 1. The van der Waals surface area contributed by atoms with Gasteiger partial charge in [-0.1, -0.05) is 26.5 Å². The van der Waals surface area contributed by atoms with E-state index in [1.54, 1.807) is 0 Å². The first-order valence-corrected chi connectivity index (χ1v) is 3.47. The summed E-state index contributed by atoms with van der Waals surface area (Å²) in [5, 5.41) is 0. The van der Waals surface area contributed by atoms with Crippen LogP contribution in [0.1, 0.15) is 20.8 Å². The van der Waals surface area contributed by atoms with Gasteiger partial charge >= 0.3 is 0 Å². The lowest BCUT2D eigenvalue weighted by Gasteiger charge is -2.14. The Morgan fingerprint density at radius 1 is 1.60 bits per heavy atom. The smallest absolute Gasteiger partial charge is 0.0495 e. The van der Waals surface area contributed by atoms with Gasteiger partial charge < -0.3 is 0 Å². The molecule has 0 aromatic heterocycles. The highest BCUT2D eigenvalue weighted by Crippen LogP contribution is 2.28. The average molecular weight is 135 g/mol. The van der Waals surface area contributed by atoms with E-state index in [4.69, 9.17) is 0 Å². The molecule has 1 rings (SSSR count). The first-order chi connectivity index (χ1) is 4.56. The van der Waals surface area contributed by atoms with Gasteiger partial charge in [-0.05, 0) is 13.0 Å². The van der Waals surface area contributed by atoms with Crippen molar-refractivity contribution < 1.29 is 0 Å². The number of hydrogen-bond acceptors (Lipinski definition) is 1. The fourth-order valence-corrected chi connectivity index (χ4v) is 1.27. The fraction of sp³-hybridized carbons (Fsp3) is 0.444. The van der Waals surface area contributed by atoms with Crippen LogP contribution in [0.5, 0.6) is 0 Å².